The number of aromatic nitrogens is 4. The summed E-state index contributed by atoms with van der Waals surface area (Å²) >= 11 is 0. The van der Waals surface area contributed by atoms with Gasteiger partial charge in [0.1, 0.15) is 18.2 Å². The molecule has 5 rings (SSSR count). The van der Waals surface area contributed by atoms with E-state index in [4.69, 9.17) is 4.74 Å². The minimum atomic E-state index is -0.100. The molecule has 1 aliphatic heterocycles. The molecule has 0 aliphatic carbocycles. The summed E-state index contributed by atoms with van der Waals surface area (Å²) in [5.41, 5.74) is 5.71. The summed E-state index contributed by atoms with van der Waals surface area (Å²) in [6, 6.07) is 19.9. The zero-order chi connectivity index (χ0) is 22.9. The molecule has 0 spiro atoms. The number of carbonyl (C=O) groups is 1. The number of nitrogens with zero attached hydrogens (tertiary/aromatic N) is 4. The molecule has 4 aromatic rings. The third-order valence-corrected chi connectivity index (χ3v) is 5.79. The molecule has 2 aromatic carbocycles. The van der Waals surface area contributed by atoms with Crippen LogP contribution in [0.3, 0.4) is 0 Å². The van der Waals surface area contributed by atoms with Crippen molar-refractivity contribution < 1.29 is 9.53 Å². The van der Waals surface area contributed by atoms with Crippen LogP contribution in [-0.2, 0) is 11.4 Å². The highest BCUT2D eigenvalue weighted by atomic mass is 16.5. The molecule has 0 saturated heterocycles. The van der Waals surface area contributed by atoms with Gasteiger partial charge in [-0.15, -0.1) is 0 Å². The molecule has 0 radical (unpaired) electrons. The first-order chi connectivity index (χ1) is 16.0. The molecule has 7 heteroatoms. The van der Waals surface area contributed by atoms with E-state index in [9.17, 15) is 4.79 Å². The minimum absolute atomic E-state index is 0.0533. The van der Waals surface area contributed by atoms with Crippen LogP contribution in [0.4, 0.5) is 5.82 Å². The second-order valence-corrected chi connectivity index (χ2v) is 8.36. The fourth-order valence-electron chi connectivity index (χ4n) is 4.32. The lowest BCUT2D eigenvalue weighted by Crippen LogP contribution is -2.25. The maximum absolute atomic E-state index is 12.6. The van der Waals surface area contributed by atoms with Crippen molar-refractivity contribution in [2.45, 2.75) is 39.7 Å². The molecule has 1 atom stereocenters. The molecule has 3 heterocycles. The molecule has 2 aromatic heterocycles. The highest BCUT2D eigenvalue weighted by Crippen LogP contribution is 2.40. The minimum Gasteiger partial charge on any atom is -0.489 e. The van der Waals surface area contributed by atoms with Crippen molar-refractivity contribution in [3.63, 3.8) is 0 Å². The van der Waals surface area contributed by atoms with E-state index in [2.05, 4.69) is 20.4 Å². The van der Waals surface area contributed by atoms with E-state index in [1.807, 2.05) is 81.4 Å². The first kappa shape index (κ1) is 20.9. The summed E-state index contributed by atoms with van der Waals surface area (Å²) in [6.45, 7) is 6.31. The van der Waals surface area contributed by atoms with Crippen LogP contribution in [0.2, 0.25) is 0 Å². The lowest BCUT2D eigenvalue weighted by molar-refractivity contribution is -0.116. The third-order valence-electron chi connectivity index (χ3n) is 5.79. The van der Waals surface area contributed by atoms with Crippen LogP contribution in [0.25, 0.3) is 5.95 Å². The largest absolute Gasteiger partial charge is 0.489 e. The number of carbonyl (C=O) groups excluding carboxylic acids is 1. The van der Waals surface area contributed by atoms with Gasteiger partial charge in [-0.3, -0.25) is 4.79 Å². The van der Waals surface area contributed by atoms with E-state index >= 15 is 0 Å². The van der Waals surface area contributed by atoms with E-state index in [0.29, 0.717) is 24.8 Å². The van der Waals surface area contributed by atoms with Crippen molar-refractivity contribution in [1.29, 1.82) is 0 Å². The third kappa shape index (κ3) is 4.22. The molecular weight excluding hydrogens is 414 g/mol. The fraction of sp³-hybridized carbons (Fsp3) is 0.231. The molecule has 7 nitrogen and oxygen atoms in total. The zero-order valence-electron chi connectivity index (χ0n) is 18.9. The first-order valence-corrected chi connectivity index (χ1v) is 11.0. The Morgan fingerprint density at radius 1 is 1.00 bits per heavy atom. The Morgan fingerprint density at radius 2 is 1.70 bits per heavy atom. The summed E-state index contributed by atoms with van der Waals surface area (Å²) in [5.74, 6) is 1.74. The molecular formula is C26H25N5O2. The number of ether oxygens (including phenoxy) is 1. The van der Waals surface area contributed by atoms with Crippen molar-refractivity contribution in [3.8, 4) is 11.7 Å². The number of aryl methyl sites for hydroxylation is 3. The number of hydrogen-bond acceptors (Lipinski definition) is 5. The topological polar surface area (TPSA) is 81.9 Å². The number of nitrogens with one attached hydrogen (secondary N) is 1. The molecule has 0 bridgehead atoms. The number of benzene rings is 2. The summed E-state index contributed by atoms with van der Waals surface area (Å²) in [7, 11) is 0. The maximum Gasteiger partial charge on any atom is 0.252 e. The summed E-state index contributed by atoms with van der Waals surface area (Å²) < 4.78 is 7.57. The number of anilines is 1. The van der Waals surface area contributed by atoms with E-state index in [0.717, 1.165) is 39.5 Å². The molecule has 0 unspecified atom stereocenters. The van der Waals surface area contributed by atoms with Crippen molar-refractivity contribution in [3.05, 3.63) is 94.4 Å². The van der Waals surface area contributed by atoms with Gasteiger partial charge in [-0.1, -0.05) is 42.5 Å². The molecule has 33 heavy (non-hydrogen) atoms. The summed E-state index contributed by atoms with van der Waals surface area (Å²) in [5, 5.41) is 7.68. The highest BCUT2D eigenvalue weighted by Gasteiger charge is 2.33. The van der Waals surface area contributed by atoms with Gasteiger partial charge in [0.25, 0.3) is 5.95 Å². The lowest BCUT2D eigenvalue weighted by Gasteiger charge is -2.24. The SMILES string of the molecule is Cc1cc(C)nc(-n2nc(C)c3c2NC(=O)C[C@@H]3c2ccc(OCc3ccccc3)cc2)n1. The number of rotatable bonds is 5. The predicted molar refractivity (Wildman–Crippen MR) is 126 cm³/mol. The van der Waals surface area contributed by atoms with Crippen LogP contribution in [-0.4, -0.2) is 25.7 Å². The standard InChI is InChI=1S/C26H25N5O2/c1-16-13-17(2)28-26(27-16)31-25-24(18(3)30-31)22(14-23(32)29-25)20-9-11-21(12-10-20)33-15-19-7-5-4-6-8-19/h4-13,22H,14-15H2,1-3H3,(H,29,32)/t22-/m1/s1. The quantitative estimate of drug-likeness (QED) is 0.490. The predicted octanol–water partition coefficient (Wildman–Crippen LogP) is 4.64. The van der Waals surface area contributed by atoms with Crippen LogP contribution in [0.5, 0.6) is 5.75 Å². The van der Waals surface area contributed by atoms with Crippen LogP contribution in [0.1, 0.15) is 46.1 Å². The first-order valence-electron chi connectivity index (χ1n) is 11.0. The molecule has 0 fully saturated rings. The van der Waals surface area contributed by atoms with Crippen molar-refractivity contribution in [2.75, 3.05) is 5.32 Å². The maximum atomic E-state index is 12.6. The Balaban J connectivity index is 1.45. The van der Waals surface area contributed by atoms with Gasteiger partial charge in [-0.05, 0) is 50.1 Å². The van der Waals surface area contributed by atoms with Gasteiger partial charge in [0, 0.05) is 29.3 Å². The van der Waals surface area contributed by atoms with Crippen LogP contribution in [0.15, 0.2) is 60.7 Å². The fourth-order valence-corrected chi connectivity index (χ4v) is 4.32. The van der Waals surface area contributed by atoms with Crippen LogP contribution >= 0.6 is 0 Å². The Bertz CT molecular complexity index is 1290. The number of amides is 1. The van der Waals surface area contributed by atoms with Crippen LogP contribution in [0, 0.1) is 20.8 Å². The Hall–Kier alpha value is -4.00. The van der Waals surface area contributed by atoms with Crippen LogP contribution < -0.4 is 10.1 Å². The monoisotopic (exact) mass is 439 g/mol. The molecule has 0 saturated carbocycles. The number of hydrogen-bond donors (Lipinski definition) is 1. The van der Waals surface area contributed by atoms with Gasteiger partial charge in [0.15, 0.2) is 0 Å². The van der Waals surface area contributed by atoms with E-state index < -0.39 is 0 Å². The Morgan fingerprint density at radius 3 is 2.39 bits per heavy atom. The van der Waals surface area contributed by atoms with Crippen molar-refractivity contribution >= 4 is 11.7 Å². The van der Waals surface area contributed by atoms with E-state index in [-0.39, 0.29) is 11.8 Å². The zero-order valence-corrected chi connectivity index (χ0v) is 18.9. The van der Waals surface area contributed by atoms with Gasteiger partial charge in [-0.25, -0.2) is 9.97 Å². The highest BCUT2D eigenvalue weighted by molar-refractivity contribution is 5.95. The van der Waals surface area contributed by atoms with Gasteiger partial charge in [-0.2, -0.15) is 9.78 Å². The molecule has 1 N–H and O–H groups in total. The summed E-state index contributed by atoms with van der Waals surface area (Å²) in [4.78, 5) is 21.7. The molecule has 166 valence electrons. The second kappa shape index (κ2) is 8.50. The van der Waals surface area contributed by atoms with E-state index in [1.54, 1.807) is 4.68 Å². The second-order valence-electron chi connectivity index (χ2n) is 8.36. The van der Waals surface area contributed by atoms with Gasteiger partial charge >= 0.3 is 0 Å². The lowest BCUT2D eigenvalue weighted by atomic mass is 9.86. The molecule has 1 amide bonds. The Kier molecular flexibility index (Phi) is 5.38. The number of fused-ring (bicyclic) bond motifs is 1. The normalized spacial score (nSPS) is 15.1. The average Bonchev–Trinajstić information content (AvgIpc) is 3.14. The van der Waals surface area contributed by atoms with Crippen molar-refractivity contribution in [2.24, 2.45) is 0 Å². The van der Waals surface area contributed by atoms with Gasteiger partial charge in [0.05, 0.1) is 5.69 Å². The molecule has 1 aliphatic rings. The van der Waals surface area contributed by atoms with Gasteiger partial charge < -0.3 is 10.1 Å². The summed E-state index contributed by atoms with van der Waals surface area (Å²) in [6.07, 6.45) is 0.359. The van der Waals surface area contributed by atoms with Crippen molar-refractivity contribution in [1.82, 2.24) is 19.7 Å². The average molecular weight is 440 g/mol. The van der Waals surface area contributed by atoms with Gasteiger partial charge in [0.2, 0.25) is 5.91 Å². The van der Waals surface area contributed by atoms with E-state index in [1.165, 1.54) is 0 Å². The Labute approximate surface area is 192 Å². The smallest absolute Gasteiger partial charge is 0.252 e.